The third-order valence-electron chi connectivity index (χ3n) is 4.09. The molecule has 9 heteroatoms. The van der Waals surface area contributed by atoms with Gasteiger partial charge in [0.2, 0.25) is 0 Å². The summed E-state index contributed by atoms with van der Waals surface area (Å²) in [5, 5.41) is 21.1. The minimum atomic E-state index is -0.449. The number of aromatic nitrogens is 2. The summed E-state index contributed by atoms with van der Waals surface area (Å²) in [4.78, 5) is 22.3. The molecule has 1 fully saturated rings. The largest absolute Gasteiger partial charge is 0.347 e. The first kappa shape index (κ1) is 18.9. The molecule has 1 aromatic heterocycles. The van der Waals surface area contributed by atoms with Crippen LogP contribution in [-0.4, -0.2) is 33.7 Å². The van der Waals surface area contributed by atoms with Gasteiger partial charge in [0.15, 0.2) is 0 Å². The van der Waals surface area contributed by atoms with Crippen LogP contribution in [0.1, 0.15) is 34.9 Å². The number of non-ortho nitro benzene ring substituents is 1. The van der Waals surface area contributed by atoms with Crippen molar-refractivity contribution in [2.24, 2.45) is 0 Å². The molecule has 0 saturated carbocycles. The normalized spacial score (nSPS) is 16.7. The Morgan fingerprint density at radius 3 is 2.76 bits per heavy atom. The van der Waals surface area contributed by atoms with E-state index in [4.69, 9.17) is 0 Å². The van der Waals surface area contributed by atoms with Crippen molar-refractivity contribution in [1.29, 1.82) is 0 Å². The van der Waals surface area contributed by atoms with E-state index in [0.29, 0.717) is 12.2 Å². The van der Waals surface area contributed by atoms with Crippen molar-refractivity contribution in [3.63, 3.8) is 0 Å². The fourth-order valence-corrected chi connectivity index (χ4v) is 2.73. The Labute approximate surface area is 151 Å². The number of carbonyl (C=O) groups is 1. The number of hydrogen-bond donors (Lipinski definition) is 2. The van der Waals surface area contributed by atoms with Crippen LogP contribution in [0.3, 0.4) is 0 Å². The third kappa shape index (κ3) is 4.77. The maximum Gasteiger partial charge on any atom is 0.272 e. The van der Waals surface area contributed by atoms with Crippen molar-refractivity contribution >= 4 is 24.0 Å². The number of nitro groups is 1. The lowest BCUT2D eigenvalue weighted by Crippen LogP contribution is -2.32. The number of hydrogen-bond acceptors (Lipinski definition) is 5. The average Bonchev–Trinajstić information content (AvgIpc) is 3.11. The molecule has 2 heterocycles. The van der Waals surface area contributed by atoms with Gasteiger partial charge < -0.3 is 10.6 Å². The van der Waals surface area contributed by atoms with Crippen molar-refractivity contribution in [3.8, 4) is 0 Å². The van der Waals surface area contributed by atoms with Gasteiger partial charge >= 0.3 is 0 Å². The Balaban J connectivity index is 0.00000225. The summed E-state index contributed by atoms with van der Waals surface area (Å²) >= 11 is 0. The lowest BCUT2D eigenvalue weighted by atomic mass is 10.1. The number of nitrogens with zero attached hydrogens (tertiary/aromatic N) is 3. The number of benzene rings is 1. The molecular formula is C16H20ClN5O3. The summed E-state index contributed by atoms with van der Waals surface area (Å²) in [5.74, 6) is -0.254. The van der Waals surface area contributed by atoms with Crippen molar-refractivity contribution in [3.05, 3.63) is 57.9 Å². The highest BCUT2D eigenvalue weighted by molar-refractivity contribution is 5.92. The first-order valence-corrected chi connectivity index (χ1v) is 7.91. The van der Waals surface area contributed by atoms with Crippen LogP contribution in [0.4, 0.5) is 5.69 Å². The van der Waals surface area contributed by atoms with Crippen LogP contribution in [0.25, 0.3) is 0 Å². The van der Waals surface area contributed by atoms with E-state index in [1.54, 1.807) is 18.2 Å². The second kappa shape index (κ2) is 8.59. The standard InChI is InChI=1S/C16H19N5O3.ClH/c22-16(18-10-12-3-5-13(6-4-12)21(23)24)15-7-9-20(19-15)14-2-1-8-17-11-14;/h3-7,9,14,17H,1-2,8,10-11H2,(H,18,22);1H. The fourth-order valence-electron chi connectivity index (χ4n) is 2.73. The minimum Gasteiger partial charge on any atom is -0.347 e. The zero-order chi connectivity index (χ0) is 16.9. The first-order valence-electron chi connectivity index (χ1n) is 7.91. The highest BCUT2D eigenvalue weighted by Gasteiger charge is 2.17. The lowest BCUT2D eigenvalue weighted by Gasteiger charge is -2.22. The van der Waals surface area contributed by atoms with Gasteiger partial charge in [-0.25, -0.2) is 0 Å². The first-order chi connectivity index (χ1) is 11.6. The molecule has 1 saturated heterocycles. The average molecular weight is 366 g/mol. The Morgan fingerprint density at radius 1 is 1.36 bits per heavy atom. The molecule has 1 amide bonds. The zero-order valence-electron chi connectivity index (χ0n) is 13.6. The van der Waals surface area contributed by atoms with E-state index < -0.39 is 4.92 Å². The van der Waals surface area contributed by atoms with E-state index in [1.807, 2.05) is 10.9 Å². The molecule has 1 unspecified atom stereocenters. The third-order valence-corrected chi connectivity index (χ3v) is 4.09. The molecule has 2 N–H and O–H groups in total. The van der Waals surface area contributed by atoms with Gasteiger partial charge in [-0.05, 0) is 31.0 Å². The number of rotatable bonds is 5. The van der Waals surface area contributed by atoms with Gasteiger partial charge in [-0.2, -0.15) is 5.10 Å². The summed E-state index contributed by atoms with van der Waals surface area (Å²) in [6, 6.07) is 8.10. The second-order valence-electron chi connectivity index (χ2n) is 5.79. The van der Waals surface area contributed by atoms with Crippen molar-refractivity contribution < 1.29 is 9.72 Å². The molecule has 2 aromatic rings. The van der Waals surface area contributed by atoms with Gasteiger partial charge in [-0.1, -0.05) is 12.1 Å². The molecule has 0 spiro atoms. The lowest BCUT2D eigenvalue weighted by molar-refractivity contribution is -0.384. The number of carbonyl (C=O) groups excluding carboxylic acids is 1. The Kier molecular flexibility index (Phi) is 6.49. The van der Waals surface area contributed by atoms with E-state index >= 15 is 0 Å². The Bertz CT molecular complexity index is 726. The molecule has 8 nitrogen and oxygen atoms in total. The minimum absolute atomic E-state index is 0. The van der Waals surface area contributed by atoms with Crippen LogP contribution in [0.15, 0.2) is 36.5 Å². The van der Waals surface area contributed by atoms with E-state index in [2.05, 4.69) is 15.7 Å². The molecule has 1 atom stereocenters. The predicted octanol–water partition coefficient (Wildman–Crippen LogP) is 2.07. The quantitative estimate of drug-likeness (QED) is 0.623. The van der Waals surface area contributed by atoms with Crippen molar-refractivity contribution in [2.75, 3.05) is 13.1 Å². The molecular weight excluding hydrogens is 346 g/mol. The number of halogens is 1. The van der Waals surface area contributed by atoms with Crippen LogP contribution < -0.4 is 10.6 Å². The molecule has 0 aliphatic carbocycles. The molecule has 25 heavy (non-hydrogen) atoms. The van der Waals surface area contributed by atoms with E-state index in [0.717, 1.165) is 31.5 Å². The Hall–Kier alpha value is -2.45. The van der Waals surface area contributed by atoms with Crippen LogP contribution in [0, 0.1) is 10.1 Å². The van der Waals surface area contributed by atoms with Gasteiger partial charge in [-0.3, -0.25) is 19.6 Å². The summed E-state index contributed by atoms with van der Waals surface area (Å²) in [6.45, 7) is 2.19. The van der Waals surface area contributed by atoms with E-state index in [9.17, 15) is 14.9 Å². The van der Waals surface area contributed by atoms with Crippen molar-refractivity contribution in [2.45, 2.75) is 25.4 Å². The smallest absolute Gasteiger partial charge is 0.272 e. The molecule has 1 aliphatic heterocycles. The van der Waals surface area contributed by atoms with Crippen LogP contribution in [0.5, 0.6) is 0 Å². The molecule has 1 aliphatic rings. The maximum absolute atomic E-state index is 12.2. The zero-order valence-corrected chi connectivity index (χ0v) is 14.4. The van der Waals surface area contributed by atoms with Gasteiger partial charge in [0.1, 0.15) is 5.69 Å². The number of nitrogens with one attached hydrogen (secondary N) is 2. The highest BCUT2D eigenvalue weighted by atomic mass is 35.5. The summed E-state index contributed by atoms with van der Waals surface area (Å²) in [6.07, 6.45) is 3.99. The van der Waals surface area contributed by atoms with Gasteiger partial charge in [0.05, 0.1) is 11.0 Å². The Morgan fingerprint density at radius 2 is 2.12 bits per heavy atom. The fraction of sp³-hybridized carbons (Fsp3) is 0.375. The van der Waals surface area contributed by atoms with Crippen LogP contribution in [-0.2, 0) is 6.54 Å². The molecule has 3 rings (SSSR count). The van der Waals surface area contributed by atoms with Gasteiger partial charge in [0.25, 0.3) is 11.6 Å². The SMILES string of the molecule is Cl.O=C(NCc1ccc([N+](=O)[O-])cc1)c1ccn(C2CCCNC2)n1. The van der Waals surface area contributed by atoms with E-state index in [1.165, 1.54) is 12.1 Å². The summed E-state index contributed by atoms with van der Waals surface area (Å²) in [5.41, 5.74) is 1.21. The monoisotopic (exact) mass is 365 g/mol. The van der Waals surface area contributed by atoms with Crippen molar-refractivity contribution in [1.82, 2.24) is 20.4 Å². The number of nitro benzene ring substituents is 1. The topological polar surface area (TPSA) is 102 Å². The van der Waals surface area contributed by atoms with Crippen LogP contribution >= 0.6 is 12.4 Å². The van der Waals surface area contributed by atoms with Gasteiger partial charge in [-0.15, -0.1) is 12.4 Å². The van der Waals surface area contributed by atoms with Gasteiger partial charge in [0, 0.05) is 31.4 Å². The van der Waals surface area contributed by atoms with E-state index in [-0.39, 0.29) is 30.0 Å². The molecule has 1 aromatic carbocycles. The molecule has 0 bridgehead atoms. The molecule has 134 valence electrons. The number of amides is 1. The summed E-state index contributed by atoms with van der Waals surface area (Å²) < 4.78 is 1.84. The molecule has 0 radical (unpaired) electrons. The maximum atomic E-state index is 12.2. The summed E-state index contributed by atoms with van der Waals surface area (Å²) in [7, 11) is 0. The predicted molar refractivity (Wildman–Crippen MR) is 94.9 cm³/mol. The second-order valence-corrected chi connectivity index (χ2v) is 5.79. The number of piperidine rings is 1. The highest BCUT2D eigenvalue weighted by Crippen LogP contribution is 2.16. The van der Waals surface area contributed by atoms with Crippen LogP contribution in [0.2, 0.25) is 0 Å².